The van der Waals surface area contributed by atoms with Gasteiger partial charge in [-0.3, -0.25) is 13.8 Å². The molecule has 0 radical (unpaired) electrons. The Kier molecular flexibility index (Phi) is 5.60. The average molecular weight is 520 g/mol. The maximum absolute atomic E-state index is 12.5. The molecule has 0 saturated carbocycles. The number of hydrogen-bond donors (Lipinski definition) is 0. The largest absolute Gasteiger partial charge is 0.390 e. The Bertz CT molecular complexity index is 1570. The van der Waals surface area contributed by atoms with Gasteiger partial charge in [-0.25, -0.2) is 18.4 Å². The first-order chi connectivity index (χ1) is 17.0. The molecular formula is C21H20F3N9O2S. The Labute approximate surface area is 203 Å². The van der Waals surface area contributed by atoms with Crippen molar-refractivity contribution in [3.63, 3.8) is 0 Å². The van der Waals surface area contributed by atoms with Crippen LogP contribution in [0.15, 0.2) is 43.2 Å². The van der Waals surface area contributed by atoms with E-state index in [9.17, 15) is 26.9 Å². The molecule has 188 valence electrons. The van der Waals surface area contributed by atoms with E-state index in [1.807, 2.05) is 18.3 Å². The first-order valence-electron chi connectivity index (χ1n) is 10.8. The maximum Gasteiger partial charge on any atom is 0.390 e. The lowest BCUT2D eigenvalue weighted by atomic mass is 9.89. The maximum atomic E-state index is 12.5. The van der Waals surface area contributed by atoms with Crippen LogP contribution in [0, 0.1) is 11.3 Å². The zero-order valence-electron chi connectivity index (χ0n) is 19.0. The van der Waals surface area contributed by atoms with Gasteiger partial charge in [0.15, 0.2) is 0 Å². The van der Waals surface area contributed by atoms with Gasteiger partial charge in [0.2, 0.25) is 10.0 Å². The van der Waals surface area contributed by atoms with Crippen LogP contribution < -0.4 is 0 Å². The van der Waals surface area contributed by atoms with Crippen molar-refractivity contribution in [2.45, 2.75) is 24.6 Å². The van der Waals surface area contributed by atoms with E-state index in [4.69, 9.17) is 4.98 Å². The van der Waals surface area contributed by atoms with Crippen LogP contribution in [0.1, 0.15) is 12.8 Å². The van der Waals surface area contributed by atoms with Crippen LogP contribution in [0.5, 0.6) is 0 Å². The molecule has 5 rings (SSSR count). The van der Waals surface area contributed by atoms with Crippen molar-refractivity contribution < 1.29 is 21.6 Å². The molecule has 0 amide bonds. The molecule has 15 heteroatoms. The lowest BCUT2D eigenvalue weighted by Gasteiger charge is -2.47. The van der Waals surface area contributed by atoms with E-state index in [0.29, 0.717) is 22.7 Å². The van der Waals surface area contributed by atoms with Gasteiger partial charge in [0.1, 0.15) is 17.0 Å². The van der Waals surface area contributed by atoms with Gasteiger partial charge in [0.05, 0.1) is 48.3 Å². The van der Waals surface area contributed by atoms with Crippen LogP contribution in [0.3, 0.4) is 0 Å². The van der Waals surface area contributed by atoms with Crippen molar-refractivity contribution >= 4 is 15.7 Å². The van der Waals surface area contributed by atoms with E-state index in [1.165, 1.54) is 4.68 Å². The third kappa shape index (κ3) is 4.33. The highest BCUT2D eigenvalue weighted by Crippen LogP contribution is 2.36. The Balaban J connectivity index is 1.45. The summed E-state index contributed by atoms with van der Waals surface area (Å²) in [5.74, 6) is -0.510. The van der Waals surface area contributed by atoms with E-state index in [1.54, 1.807) is 47.1 Å². The fraction of sp³-hybridized carbons (Fsp3) is 0.381. The number of imidazole rings is 1. The monoisotopic (exact) mass is 519 g/mol. The molecule has 4 aromatic rings. The number of fused-ring (bicyclic) bond motifs is 1. The molecule has 5 heterocycles. The van der Waals surface area contributed by atoms with Crippen molar-refractivity contribution in [1.82, 2.24) is 38.2 Å². The summed E-state index contributed by atoms with van der Waals surface area (Å²) in [6.07, 6.45) is 4.01. The Morgan fingerprint density at radius 2 is 1.92 bits per heavy atom. The highest BCUT2D eigenvalue weighted by Gasteiger charge is 2.50. The van der Waals surface area contributed by atoms with Gasteiger partial charge in [0, 0.05) is 56.6 Å². The van der Waals surface area contributed by atoms with Crippen LogP contribution in [-0.2, 0) is 22.6 Å². The predicted octanol–water partition coefficient (Wildman–Crippen LogP) is 2.20. The highest BCUT2D eigenvalue weighted by molar-refractivity contribution is 7.89. The third-order valence-corrected chi connectivity index (χ3v) is 7.87. The standard InChI is InChI=1S/C21H20F3N9O2S/c1-30-11-15(9-27-30)17-8-18-26-5-6-32(18)19(29-17)16-10-28-33(12-16)20(2-4-25)13-31(14-20)36(34,35)7-3-21(22,23)24/h5-6,8-12H,2-3,7,13-14H2,1H3. The molecule has 11 nitrogen and oxygen atoms in total. The summed E-state index contributed by atoms with van der Waals surface area (Å²) in [6.45, 7) is -0.295. The first kappa shape index (κ1) is 23.9. The number of nitriles is 1. The number of hydrogen-bond acceptors (Lipinski definition) is 7. The Morgan fingerprint density at radius 1 is 1.17 bits per heavy atom. The van der Waals surface area contributed by atoms with Crippen LogP contribution in [0.25, 0.3) is 28.3 Å². The number of aromatic nitrogens is 7. The highest BCUT2D eigenvalue weighted by atomic mass is 32.2. The van der Waals surface area contributed by atoms with Gasteiger partial charge < -0.3 is 0 Å². The molecule has 0 aromatic carbocycles. The number of halogens is 3. The molecule has 1 aliphatic rings. The second-order valence-electron chi connectivity index (χ2n) is 8.71. The van der Waals surface area contributed by atoms with Gasteiger partial charge in [-0.2, -0.15) is 32.9 Å². The van der Waals surface area contributed by atoms with E-state index < -0.39 is 33.9 Å². The van der Waals surface area contributed by atoms with Crippen LogP contribution in [0.4, 0.5) is 13.2 Å². The quantitative estimate of drug-likeness (QED) is 0.366. The zero-order chi connectivity index (χ0) is 25.7. The van der Waals surface area contributed by atoms with Crippen molar-refractivity contribution in [3.8, 4) is 28.7 Å². The Morgan fingerprint density at radius 3 is 2.58 bits per heavy atom. The van der Waals surface area contributed by atoms with E-state index in [0.717, 1.165) is 9.87 Å². The second kappa shape index (κ2) is 8.42. The summed E-state index contributed by atoms with van der Waals surface area (Å²) in [6, 6.07) is 3.86. The van der Waals surface area contributed by atoms with Crippen molar-refractivity contribution in [2.24, 2.45) is 7.05 Å². The minimum absolute atomic E-state index is 0.0664. The Hall–Kier alpha value is -3.77. The molecule has 4 aromatic heterocycles. The summed E-state index contributed by atoms with van der Waals surface area (Å²) in [7, 11) is -2.33. The molecule has 0 unspecified atom stereocenters. The number of aryl methyl sites for hydroxylation is 1. The summed E-state index contributed by atoms with van der Waals surface area (Å²) in [4.78, 5) is 9.11. The van der Waals surface area contributed by atoms with Crippen LogP contribution in [-0.4, -0.2) is 71.7 Å². The van der Waals surface area contributed by atoms with Crippen LogP contribution >= 0.6 is 0 Å². The molecule has 0 spiro atoms. The van der Waals surface area contributed by atoms with Crippen molar-refractivity contribution in [1.29, 1.82) is 5.26 Å². The lowest BCUT2D eigenvalue weighted by Crippen LogP contribution is -2.64. The normalized spacial score (nSPS) is 16.2. The van der Waals surface area contributed by atoms with E-state index in [-0.39, 0.29) is 19.5 Å². The minimum Gasteiger partial charge on any atom is -0.284 e. The van der Waals surface area contributed by atoms with Gasteiger partial charge in [-0.15, -0.1) is 0 Å². The van der Waals surface area contributed by atoms with Gasteiger partial charge in [-0.1, -0.05) is 0 Å². The fourth-order valence-electron chi connectivity index (χ4n) is 4.19. The predicted molar refractivity (Wildman–Crippen MR) is 121 cm³/mol. The smallest absolute Gasteiger partial charge is 0.284 e. The van der Waals surface area contributed by atoms with Crippen LogP contribution in [0.2, 0.25) is 0 Å². The molecular weight excluding hydrogens is 499 g/mol. The molecule has 0 aliphatic carbocycles. The minimum atomic E-state index is -4.57. The molecule has 0 N–H and O–H groups in total. The molecule has 1 aliphatic heterocycles. The SMILES string of the molecule is Cn1cc(-c2cc3nccn3c(-c3cnn(C4(CC#N)CN(S(=O)(=O)CCC(F)(F)F)C4)c3)n2)cn1. The lowest BCUT2D eigenvalue weighted by molar-refractivity contribution is -0.130. The van der Waals surface area contributed by atoms with Crippen molar-refractivity contribution in [2.75, 3.05) is 18.8 Å². The number of sulfonamides is 1. The third-order valence-electron chi connectivity index (χ3n) is 6.10. The number of rotatable bonds is 7. The van der Waals surface area contributed by atoms with Crippen molar-refractivity contribution in [3.05, 3.63) is 43.2 Å². The van der Waals surface area contributed by atoms with E-state index in [2.05, 4.69) is 15.2 Å². The van der Waals surface area contributed by atoms with Gasteiger partial charge >= 0.3 is 6.18 Å². The summed E-state index contributed by atoms with van der Waals surface area (Å²) >= 11 is 0. The number of nitrogens with zero attached hydrogens (tertiary/aromatic N) is 9. The second-order valence-corrected chi connectivity index (χ2v) is 10.8. The number of alkyl halides is 3. The zero-order valence-corrected chi connectivity index (χ0v) is 19.8. The fourth-order valence-corrected chi connectivity index (χ4v) is 5.81. The van der Waals surface area contributed by atoms with Gasteiger partial charge in [0.25, 0.3) is 0 Å². The molecule has 1 fully saturated rings. The molecule has 0 atom stereocenters. The summed E-state index contributed by atoms with van der Waals surface area (Å²) in [5.41, 5.74) is 1.68. The topological polar surface area (TPSA) is 127 Å². The van der Waals surface area contributed by atoms with Gasteiger partial charge in [-0.05, 0) is 0 Å². The summed E-state index contributed by atoms with van der Waals surface area (Å²) in [5, 5.41) is 17.9. The first-order valence-corrected chi connectivity index (χ1v) is 12.4. The molecule has 36 heavy (non-hydrogen) atoms. The van der Waals surface area contributed by atoms with E-state index >= 15 is 0 Å². The molecule has 1 saturated heterocycles. The average Bonchev–Trinajstić information content (AvgIpc) is 3.54. The molecule has 0 bridgehead atoms. The summed E-state index contributed by atoms with van der Waals surface area (Å²) < 4.78 is 68.3.